The molecule has 0 aliphatic carbocycles. The standard InChI is InChI=1S/C18H17ClN2O5/c1-26-18(23)9-3-12-2-8-15(16(10-12)21(24)25)20-11-17(22)13-4-6-14(19)7-5-13/h2-10,17,20,22H,11H2,1H3/b9-3+. The molecule has 1 atom stereocenters. The molecule has 8 heteroatoms. The zero-order valence-electron chi connectivity index (χ0n) is 13.9. The first-order valence-corrected chi connectivity index (χ1v) is 8.00. The van der Waals surface area contributed by atoms with Crippen LogP contribution in [0.25, 0.3) is 6.08 Å². The van der Waals surface area contributed by atoms with Gasteiger partial charge in [0, 0.05) is 23.7 Å². The van der Waals surface area contributed by atoms with E-state index in [2.05, 4.69) is 10.1 Å². The van der Waals surface area contributed by atoms with E-state index in [9.17, 15) is 20.0 Å². The molecule has 26 heavy (non-hydrogen) atoms. The zero-order valence-corrected chi connectivity index (χ0v) is 14.6. The van der Waals surface area contributed by atoms with Gasteiger partial charge in [-0.3, -0.25) is 10.1 Å². The van der Waals surface area contributed by atoms with Gasteiger partial charge in [0.25, 0.3) is 5.69 Å². The van der Waals surface area contributed by atoms with E-state index in [-0.39, 0.29) is 17.9 Å². The van der Waals surface area contributed by atoms with Gasteiger partial charge in [-0.1, -0.05) is 29.8 Å². The Labute approximate surface area is 155 Å². The minimum atomic E-state index is -0.856. The Balaban J connectivity index is 2.13. The van der Waals surface area contributed by atoms with Crippen LogP contribution in [0.2, 0.25) is 5.02 Å². The highest BCUT2D eigenvalue weighted by Gasteiger charge is 2.16. The predicted molar refractivity (Wildman–Crippen MR) is 99.0 cm³/mol. The minimum absolute atomic E-state index is 0.0832. The molecule has 0 fully saturated rings. The third kappa shape index (κ3) is 5.30. The average Bonchev–Trinajstić information content (AvgIpc) is 2.64. The molecule has 0 saturated carbocycles. The van der Waals surface area contributed by atoms with Crippen LogP contribution in [0.3, 0.4) is 0 Å². The van der Waals surface area contributed by atoms with Crippen LogP contribution < -0.4 is 5.32 Å². The van der Waals surface area contributed by atoms with Crippen molar-refractivity contribution in [2.24, 2.45) is 0 Å². The summed E-state index contributed by atoms with van der Waals surface area (Å²) in [5.41, 5.74) is 1.21. The van der Waals surface area contributed by atoms with Crippen molar-refractivity contribution in [3.05, 3.63) is 74.8 Å². The second kappa shape index (κ2) is 8.98. The lowest BCUT2D eigenvalue weighted by molar-refractivity contribution is -0.384. The molecule has 0 aliphatic heterocycles. The van der Waals surface area contributed by atoms with Crippen LogP contribution in [0.1, 0.15) is 17.2 Å². The number of nitrogens with one attached hydrogen (secondary N) is 1. The SMILES string of the molecule is COC(=O)/C=C/c1ccc(NCC(O)c2ccc(Cl)cc2)c([N+](=O)[O-])c1. The van der Waals surface area contributed by atoms with Gasteiger partial charge in [-0.15, -0.1) is 0 Å². The Morgan fingerprint density at radius 3 is 2.65 bits per heavy atom. The molecule has 0 radical (unpaired) electrons. The molecule has 0 heterocycles. The molecular formula is C18H17ClN2O5. The number of carbonyl (C=O) groups is 1. The molecular weight excluding hydrogens is 360 g/mol. The van der Waals surface area contributed by atoms with E-state index in [4.69, 9.17) is 11.6 Å². The minimum Gasteiger partial charge on any atom is -0.466 e. The fourth-order valence-electron chi connectivity index (χ4n) is 2.19. The van der Waals surface area contributed by atoms with Crippen LogP contribution in [0.15, 0.2) is 48.5 Å². The van der Waals surface area contributed by atoms with Crippen LogP contribution in [-0.4, -0.2) is 29.7 Å². The highest BCUT2D eigenvalue weighted by atomic mass is 35.5. The van der Waals surface area contributed by atoms with Gasteiger partial charge in [0.1, 0.15) is 5.69 Å². The second-order valence-corrected chi connectivity index (χ2v) is 5.77. The number of benzene rings is 2. The number of nitro groups is 1. The summed E-state index contributed by atoms with van der Waals surface area (Å²) in [4.78, 5) is 21.9. The van der Waals surface area contributed by atoms with Crippen LogP contribution in [0, 0.1) is 10.1 Å². The number of hydrogen-bond acceptors (Lipinski definition) is 6. The van der Waals surface area contributed by atoms with Gasteiger partial charge in [-0.25, -0.2) is 4.79 Å². The van der Waals surface area contributed by atoms with Crippen molar-refractivity contribution in [1.29, 1.82) is 0 Å². The highest BCUT2D eigenvalue weighted by Crippen LogP contribution is 2.27. The average molecular weight is 377 g/mol. The topological polar surface area (TPSA) is 102 Å². The predicted octanol–water partition coefficient (Wildman–Crippen LogP) is 3.58. The molecule has 7 nitrogen and oxygen atoms in total. The third-order valence-electron chi connectivity index (χ3n) is 3.57. The number of aliphatic hydroxyl groups is 1. The summed E-state index contributed by atoms with van der Waals surface area (Å²) in [5.74, 6) is -0.555. The van der Waals surface area contributed by atoms with Crippen molar-refractivity contribution in [3.63, 3.8) is 0 Å². The maximum atomic E-state index is 11.3. The Kier molecular flexibility index (Phi) is 6.71. The van der Waals surface area contributed by atoms with Crippen molar-refractivity contribution in [2.45, 2.75) is 6.10 Å². The summed E-state index contributed by atoms with van der Waals surface area (Å²) < 4.78 is 4.48. The second-order valence-electron chi connectivity index (χ2n) is 5.34. The zero-order chi connectivity index (χ0) is 19.1. The number of nitrogens with zero attached hydrogens (tertiary/aromatic N) is 1. The lowest BCUT2D eigenvalue weighted by atomic mass is 10.1. The van der Waals surface area contributed by atoms with Crippen LogP contribution in [0.5, 0.6) is 0 Å². The fraction of sp³-hybridized carbons (Fsp3) is 0.167. The van der Waals surface area contributed by atoms with E-state index in [0.29, 0.717) is 16.1 Å². The van der Waals surface area contributed by atoms with Crippen LogP contribution in [0.4, 0.5) is 11.4 Å². The van der Waals surface area contributed by atoms with E-state index < -0.39 is 17.0 Å². The number of nitro benzene ring substituents is 1. The number of anilines is 1. The molecule has 0 bridgehead atoms. The maximum absolute atomic E-state index is 11.3. The quantitative estimate of drug-likeness (QED) is 0.331. The maximum Gasteiger partial charge on any atom is 0.330 e. The fourth-order valence-corrected chi connectivity index (χ4v) is 2.32. The smallest absolute Gasteiger partial charge is 0.330 e. The van der Waals surface area contributed by atoms with Crippen LogP contribution in [-0.2, 0) is 9.53 Å². The number of carbonyl (C=O) groups excluding carboxylic acids is 1. The number of hydrogen-bond donors (Lipinski definition) is 2. The van der Waals surface area contributed by atoms with Crippen molar-refractivity contribution in [1.82, 2.24) is 0 Å². The van der Waals surface area contributed by atoms with Gasteiger partial charge in [0.05, 0.1) is 18.1 Å². The third-order valence-corrected chi connectivity index (χ3v) is 3.82. The summed E-state index contributed by atoms with van der Waals surface area (Å²) in [6.45, 7) is 0.0832. The van der Waals surface area contributed by atoms with E-state index in [1.165, 1.54) is 31.4 Å². The first-order chi connectivity index (χ1) is 12.4. The summed E-state index contributed by atoms with van der Waals surface area (Å²) in [7, 11) is 1.24. The molecule has 1 unspecified atom stereocenters. The number of esters is 1. The Morgan fingerprint density at radius 1 is 1.35 bits per heavy atom. The summed E-state index contributed by atoms with van der Waals surface area (Å²) >= 11 is 5.81. The molecule has 136 valence electrons. The number of methoxy groups -OCH3 is 1. The van der Waals surface area contributed by atoms with E-state index >= 15 is 0 Å². The van der Waals surface area contributed by atoms with Gasteiger partial charge >= 0.3 is 5.97 Å². The summed E-state index contributed by atoms with van der Waals surface area (Å²) in [6.07, 6.45) is 1.74. The first-order valence-electron chi connectivity index (χ1n) is 7.62. The molecule has 0 aromatic heterocycles. The normalized spacial score (nSPS) is 12.0. The molecule has 0 saturated heterocycles. The largest absolute Gasteiger partial charge is 0.466 e. The van der Waals surface area contributed by atoms with Gasteiger partial charge in [-0.05, 0) is 35.4 Å². The number of rotatable bonds is 7. The molecule has 0 aliphatic rings. The molecule has 2 N–H and O–H groups in total. The van der Waals surface area contributed by atoms with Crippen molar-refractivity contribution < 1.29 is 19.6 Å². The Hall–Kier alpha value is -2.90. The first kappa shape index (κ1) is 19.4. The molecule has 0 spiro atoms. The van der Waals surface area contributed by atoms with E-state index in [1.807, 2.05) is 0 Å². The molecule has 0 amide bonds. The number of halogens is 1. The van der Waals surface area contributed by atoms with Crippen molar-refractivity contribution >= 4 is 35.0 Å². The van der Waals surface area contributed by atoms with Gasteiger partial charge in [-0.2, -0.15) is 0 Å². The number of ether oxygens (including phenoxy) is 1. The monoisotopic (exact) mass is 376 g/mol. The van der Waals surface area contributed by atoms with Gasteiger partial charge in [0.2, 0.25) is 0 Å². The number of aliphatic hydroxyl groups excluding tert-OH is 1. The molecule has 2 aromatic rings. The summed E-state index contributed by atoms with van der Waals surface area (Å²) in [5, 5.41) is 24.9. The lowest BCUT2D eigenvalue weighted by Crippen LogP contribution is -2.13. The van der Waals surface area contributed by atoms with E-state index in [1.54, 1.807) is 30.3 Å². The Bertz CT molecular complexity index is 821. The van der Waals surface area contributed by atoms with Crippen molar-refractivity contribution in [3.8, 4) is 0 Å². The van der Waals surface area contributed by atoms with Gasteiger partial charge < -0.3 is 15.2 Å². The van der Waals surface area contributed by atoms with E-state index in [0.717, 1.165) is 0 Å². The Morgan fingerprint density at radius 2 is 2.04 bits per heavy atom. The highest BCUT2D eigenvalue weighted by molar-refractivity contribution is 6.30. The molecule has 2 aromatic carbocycles. The van der Waals surface area contributed by atoms with Gasteiger partial charge in [0.15, 0.2) is 0 Å². The molecule has 2 rings (SSSR count). The lowest BCUT2D eigenvalue weighted by Gasteiger charge is -2.13. The summed E-state index contributed by atoms with van der Waals surface area (Å²) in [6, 6.07) is 11.1. The van der Waals surface area contributed by atoms with Crippen molar-refractivity contribution in [2.75, 3.05) is 19.0 Å². The van der Waals surface area contributed by atoms with Crippen LogP contribution >= 0.6 is 11.6 Å².